The fraction of sp³-hybridized carbons (Fsp3) is 0.529. The van der Waals surface area contributed by atoms with Crippen LogP contribution in [0.3, 0.4) is 0 Å². The van der Waals surface area contributed by atoms with E-state index < -0.39 is 102 Å². The molecular weight excluding hydrogens is 630 g/mol. The van der Waals surface area contributed by atoms with Crippen molar-refractivity contribution in [1.82, 2.24) is 4.90 Å². The first-order valence-corrected chi connectivity index (χ1v) is 16.0. The van der Waals surface area contributed by atoms with Crippen molar-refractivity contribution >= 4 is 23.4 Å². The van der Waals surface area contributed by atoms with Crippen molar-refractivity contribution in [2.45, 2.75) is 88.6 Å². The molecule has 0 saturated carbocycles. The van der Waals surface area contributed by atoms with Gasteiger partial charge in [-0.05, 0) is 19.4 Å². The zero-order chi connectivity index (χ0) is 34.5. The summed E-state index contributed by atoms with van der Waals surface area (Å²) in [5.74, 6) is -3.81. The summed E-state index contributed by atoms with van der Waals surface area (Å²) in [4.78, 5) is 54.9. The Hall–Kier alpha value is -4.08. The van der Waals surface area contributed by atoms with Gasteiger partial charge >= 0.3 is 6.09 Å². The van der Waals surface area contributed by atoms with Crippen LogP contribution in [0.2, 0.25) is 0 Å². The molecule has 2 aromatic carbocycles. The van der Waals surface area contributed by atoms with Crippen LogP contribution in [0.5, 0.6) is 17.2 Å². The van der Waals surface area contributed by atoms with Gasteiger partial charge < -0.3 is 44.1 Å². The molecule has 258 valence electrons. The van der Waals surface area contributed by atoms with Gasteiger partial charge in [0.25, 0.3) is 0 Å². The van der Waals surface area contributed by atoms with Gasteiger partial charge in [0.1, 0.15) is 42.3 Å². The highest BCUT2D eigenvalue weighted by molar-refractivity contribution is 6.31. The second-order valence-electron chi connectivity index (χ2n) is 12.6. The summed E-state index contributed by atoms with van der Waals surface area (Å²) in [6, 6.07) is 3.86. The van der Waals surface area contributed by atoms with Crippen molar-refractivity contribution in [3.8, 4) is 17.2 Å². The maximum atomic E-state index is 13.9. The normalized spacial score (nSPS) is 27.5. The predicted molar refractivity (Wildman–Crippen MR) is 164 cm³/mol. The average Bonchev–Trinajstić information content (AvgIpc) is 3.50. The molecule has 4 aliphatic rings. The van der Waals surface area contributed by atoms with Crippen LogP contribution < -0.4 is 4.74 Å². The molecule has 0 aromatic heterocycles. The van der Waals surface area contributed by atoms with Gasteiger partial charge in [0.2, 0.25) is 5.78 Å². The lowest BCUT2D eigenvalue weighted by atomic mass is 9.72. The number of aliphatic hydroxyl groups excluding tert-OH is 1. The van der Waals surface area contributed by atoms with Gasteiger partial charge in [0.05, 0.1) is 48.7 Å². The SMILES string of the molecule is CCCCCOC(=O)N1CO[C@@H]2[C@H](C)O[C@@H](O[C@H]3C[C@](O)(C(=O)CO)Cc4c(O)c5c(c(O)c43)C(=O)c3c(OC)cccc3C5=O)C[C@@H]21. The summed E-state index contributed by atoms with van der Waals surface area (Å²) in [5.41, 5.74) is -3.69. The number of unbranched alkanes of at least 4 members (excludes halogenated alkanes) is 2. The molecule has 2 aliphatic carbocycles. The van der Waals surface area contributed by atoms with E-state index in [1.807, 2.05) is 6.92 Å². The maximum Gasteiger partial charge on any atom is 0.411 e. The van der Waals surface area contributed by atoms with Crippen LogP contribution in [0.15, 0.2) is 18.2 Å². The Labute approximate surface area is 276 Å². The predicted octanol–water partition coefficient (Wildman–Crippen LogP) is 2.67. The summed E-state index contributed by atoms with van der Waals surface area (Å²) in [6.07, 6.45) is -2.49. The maximum absolute atomic E-state index is 13.9. The van der Waals surface area contributed by atoms with Crippen LogP contribution >= 0.6 is 0 Å². The van der Waals surface area contributed by atoms with E-state index in [4.69, 9.17) is 23.7 Å². The van der Waals surface area contributed by atoms with Crippen molar-refractivity contribution in [3.05, 3.63) is 51.6 Å². The number of nitrogens with zero attached hydrogens (tertiary/aromatic N) is 1. The monoisotopic (exact) mass is 669 g/mol. The molecule has 14 nitrogen and oxygen atoms in total. The number of aliphatic hydroxyl groups is 2. The number of carbonyl (C=O) groups excluding carboxylic acids is 4. The summed E-state index contributed by atoms with van der Waals surface area (Å²) in [6.45, 7) is 2.97. The highest BCUT2D eigenvalue weighted by atomic mass is 16.7. The van der Waals surface area contributed by atoms with E-state index in [0.717, 1.165) is 19.3 Å². The first-order chi connectivity index (χ1) is 22.9. The summed E-state index contributed by atoms with van der Waals surface area (Å²) in [7, 11) is 1.33. The number of benzene rings is 2. The number of ether oxygens (including phenoxy) is 5. The number of Topliss-reactive ketones (excluding diaryl/α,β-unsaturated/α-hetero) is 1. The van der Waals surface area contributed by atoms with Crippen LogP contribution in [-0.2, 0) is 30.2 Å². The fourth-order valence-electron chi connectivity index (χ4n) is 7.28. The Morgan fingerprint density at radius 3 is 2.54 bits per heavy atom. The van der Waals surface area contributed by atoms with Crippen LogP contribution in [0, 0.1) is 0 Å². The summed E-state index contributed by atoms with van der Waals surface area (Å²) >= 11 is 0. The second-order valence-corrected chi connectivity index (χ2v) is 12.6. The van der Waals surface area contributed by atoms with E-state index in [1.165, 1.54) is 30.2 Å². The van der Waals surface area contributed by atoms with E-state index >= 15 is 0 Å². The third kappa shape index (κ3) is 5.50. The third-order valence-electron chi connectivity index (χ3n) is 9.71. The molecule has 2 aromatic rings. The molecule has 6 rings (SSSR count). The highest BCUT2D eigenvalue weighted by Gasteiger charge is 2.52. The molecule has 2 saturated heterocycles. The van der Waals surface area contributed by atoms with E-state index in [1.54, 1.807) is 6.92 Å². The average molecular weight is 670 g/mol. The molecule has 2 fully saturated rings. The number of phenols is 2. The number of hydrogen-bond acceptors (Lipinski definition) is 13. The minimum atomic E-state index is -2.28. The Kier molecular flexibility index (Phi) is 9.22. The standard InChI is InChI=1S/C34H39NO13/c1-4-5-6-10-45-33(42)35-15-46-32-16(2)47-23(11-19(32)35)48-21-13-34(43,22(37)14-36)12-18-25(21)31(41)27-26(29(18)39)28(38)17-8-7-9-20(44-3)24(17)30(27)40/h7-9,16,19,21,23,32,36,39,41,43H,4-6,10-15H2,1-3H3/t16-,19-,21-,23-,32+,34-/m0/s1. The van der Waals surface area contributed by atoms with E-state index in [2.05, 4.69) is 0 Å². The Balaban J connectivity index is 1.37. The molecule has 2 aliphatic heterocycles. The van der Waals surface area contributed by atoms with Gasteiger partial charge in [-0.2, -0.15) is 0 Å². The molecule has 48 heavy (non-hydrogen) atoms. The quantitative estimate of drug-likeness (QED) is 0.192. The number of ketones is 3. The second kappa shape index (κ2) is 13.1. The number of rotatable bonds is 9. The molecule has 1 amide bonds. The molecular formula is C34H39NO13. The number of aromatic hydroxyl groups is 2. The topological polar surface area (TPSA) is 199 Å². The van der Waals surface area contributed by atoms with Crippen LogP contribution in [0.4, 0.5) is 4.79 Å². The van der Waals surface area contributed by atoms with Crippen molar-refractivity contribution < 1.29 is 63.3 Å². The number of carbonyl (C=O) groups is 4. The smallest absolute Gasteiger partial charge is 0.411 e. The molecule has 6 atom stereocenters. The first-order valence-electron chi connectivity index (χ1n) is 16.0. The lowest BCUT2D eigenvalue weighted by Crippen LogP contribution is -2.52. The van der Waals surface area contributed by atoms with Gasteiger partial charge in [-0.25, -0.2) is 4.79 Å². The largest absolute Gasteiger partial charge is 0.507 e. The van der Waals surface area contributed by atoms with Gasteiger partial charge in [-0.1, -0.05) is 31.9 Å². The molecule has 4 N–H and O–H groups in total. The van der Waals surface area contributed by atoms with Gasteiger partial charge in [0, 0.05) is 36.0 Å². The summed E-state index contributed by atoms with van der Waals surface area (Å²) < 4.78 is 29.0. The fourth-order valence-corrected chi connectivity index (χ4v) is 7.28. The molecule has 0 spiro atoms. The minimum Gasteiger partial charge on any atom is -0.507 e. The zero-order valence-corrected chi connectivity index (χ0v) is 26.9. The number of amides is 1. The Bertz CT molecular complexity index is 1660. The highest BCUT2D eigenvalue weighted by Crippen LogP contribution is 2.52. The minimum absolute atomic E-state index is 0.0265. The van der Waals surface area contributed by atoms with Crippen molar-refractivity contribution in [2.24, 2.45) is 0 Å². The van der Waals surface area contributed by atoms with Crippen LogP contribution in [-0.4, -0.2) is 106 Å². The molecule has 0 bridgehead atoms. The number of hydrogen-bond donors (Lipinski definition) is 4. The van der Waals surface area contributed by atoms with E-state index in [-0.39, 0.29) is 47.8 Å². The van der Waals surface area contributed by atoms with E-state index in [0.29, 0.717) is 0 Å². The molecule has 2 heterocycles. The van der Waals surface area contributed by atoms with Crippen molar-refractivity contribution in [2.75, 3.05) is 27.1 Å². The zero-order valence-electron chi connectivity index (χ0n) is 26.9. The molecule has 0 radical (unpaired) electrons. The van der Waals surface area contributed by atoms with Crippen molar-refractivity contribution in [1.29, 1.82) is 0 Å². The number of fused-ring (bicyclic) bond motifs is 4. The lowest BCUT2D eigenvalue weighted by molar-refractivity contribution is -0.246. The van der Waals surface area contributed by atoms with Crippen LogP contribution in [0.1, 0.15) is 95.0 Å². The first kappa shape index (κ1) is 33.8. The van der Waals surface area contributed by atoms with Gasteiger partial charge in [-0.3, -0.25) is 19.3 Å². The van der Waals surface area contributed by atoms with Gasteiger partial charge in [-0.15, -0.1) is 0 Å². The van der Waals surface area contributed by atoms with Gasteiger partial charge in [0.15, 0.2) is 17.9 Å². The molecule has 0 unspecified atom stereocenters. The Morgan fingerprint density at radius 2 is 1.83 bits per heavy atom. The number of phenolic OH excluding ortho intramolecular Hbond substituents is 2. The summed E-state index contributed by atoms with van der Waals surface area (Å²) in [5, 5.41) is 44.5. The molecule has 14 heteroatoms. The van der Waals surface area contributed by atoms with Crippen LogP contribution in [0.25, 0.3) is 0 Å². The van der Waals surface area contributed by atoms with Crippen molar-refractivity contribution in [3.63, 3.8) is 0 Å². The third-order valence-corrected chi connectivity index (χ3v) is 9.71. The number of methoxy groups -OCH3 is 1. The van der Waals surface area contributed by atoms with E-state index in [9.17, 15) is 39.6 Å². The lowest BCUT2D eigenvalue weighted by Gasteiger charge is -2.42. The Morgan fingerprint density at radius 1 is 1.08 bits per heavy atom.